The third-order valence-electron chi connectivity index (χ3n) is 5.52. The molecule has 1 amide bonds. The normalized spacial score (nSPS) is 11.2. The number of aromatic hydroxyl groups is 1. The molecule has 11 heteroatoms. The van der Waals surface area contributed by atoms with Gasteiger partial charge in [-0.1, -0.05) is 36.4 Å². The second-order valence-corrected chi connectivity index (χ2v) is 7.85. The van der Waals surface area contributed by atoms with Gasteiger partial charge in [0.1, 0.15) is 5.69 Å². The van der Waals surface area contributed by atoms with Gasteiger partial charge in [0.2, 0.25) is 0 Å². The van der Waals surface area contributed by atoms with Crippen LogP contribution in [0.15, 0.2) is 89.5 Å². The topological polar surface area (TPSA) is 155 Å². The third-order valence-corrected chi connectivity index (χ3v) is 5.52. The molecule has 0 radical (unpaired) electrons. The summed E-state index contributed by atoms with van der Waals surface area (Å²) in [5.41, 5.74) is 1.34. The third kappa shape index (κ3) is 4.66. The van der Waals surface area contributed by atoms with Crippen LogP contribution in [0.3, 0.4) is 0 Å². The Morgan fingerprint density at radius 1 is 1.03 bits per heavy atom. The van der Waals surface area contributed by atoms with Crippen LogP contribution in [0.25, 0.3) is 16.7 Å². The van der Waals surface area contributed by atoms with Crippen LogP contribution in [0, 0.1) is 0 Å². The Hall–Kier alpha value is -5.29. The Labute approximate surface area is 209 Å². The quantitative estimate of drug-likeness (QED) is 0.223. The fourth-order valence-corrected chi connectivity index (χ4v) is 3.67. The molecule has 0 aliphatic carbocycles. The highest BCUT2D eigenvalue weighted by Crippen LogP contribution is 2.40. The van der Waals surface area contributed by atoms with Crippen molar-refractivity contribution in [3.63, 3.8) is 0 Å². The first kappa shape index (κ1) is 23.5. The standard InChI is InChI=1S/C26H19N7O4/c34-14-16-6-8-19(9-7-16)30-25(37)21-12-17-4-1-2-5-20(17)22(23(21)36)31-32-24-18(15-35)13-29-33(24)26-27-10-3-11-28-26/h1-13,15,34,36H,14H2,(H,30,37)/b32-31+. The number of anilines is 1. The summed E-state index contributed by atoms with van der Waals surface area (Å²) in [5, 5.41) is 36.8. The molecule has 37 heavy (non-hydrogen) atoms. The summed E-state index contributed by atoms with van der Waals surface area (Å²) in [4.78, 5) is 32.9. The Bertz CT molecular complexity index is 1630. The maximum atomic E-state index is 13.1. The molecule has 0 aliphatic heterocycles. The molecule has 11 nitrogen and oxygen atoms in total. The number of aliphatic hydroxyl groups is 1. The second-order valence-electron chi connectivity index (χ2n) is 7.85. The number of carbonyl (C=O) groups excluding carboxylic acids is 2. The van der Waals surface area contributed by atoms with Gasteiger partial charge < -0.3 is 15.5 Å². The number of nitrogens with zero attached hydrogens (tertiary/aromatic N) is 6. The lowest BCUT2D eigenvalue weighted by Crippen LogP contribution is -2.12. The van der Waals surface area contributed by atoms with E-state index in [1.54, 1.807) is 60.7 Å². The number of amides is 1. The lowest BCUT2D eigenvalue weighted by atomic mass is 10.0. The van der Waals surface area contributed by atoms with Crippen molar-refractivity contribution in [2.75, 3.05) is 5.32 Å². The number of nitrogens with one attached hydrogen (secondary N) is 1. The van der Waals surface area contributed by atoms with Gasteiger partial charge in [-0.2, -0.15) is 9.78 Å². The number of hydrogen-bond donors (Lipinski definition) is 3. The molecule has 3 aromatic carbocycles. The Balaban J connectivity index is 1.57. The van der Waals surface area contributed by atoms with E-state index >= 15 is 0 Å². The summed E-state index contributed by atoms with van der Waals surface area (Å²) in [6.45, 7) is -0.116. The number of rotatable bonds is 7. The van der Waals surface area contributed by atoms with E-state index in [1.165, 1.54) is 23.3 Å². The van der Waals surface area contributed by atoms with E-state index in [0.29, 0.717) is 28.3 Å². The molecule has 0 saturated carbocycles. The van der Waals surface area contributed by atoms with Gasteiger partial charge in [0, 0.05) is 23.5 Å². The average molecular weight is 493 g/mol. The highest BCUT2D eigenvalue weighted by molar-refractivity contribution is 6.11. The van der Waals surface area contributed by atoms with E-state index < -0.39 is 5.91 Å². The lowest BCUT2D eigenvalue weighted by Gasteiger charge is -2.11. The largest absolute Gasteiger partial charge is 0.505 e. The summed E-state index contributed by atoms with van der Waals surface area (Å²) in [6, 6.07) is 16.9. The van der Waals surface area contributed by atoms with Crippen LogP contribution < -0.4 is 5.32 Å². The van der Waals surface area contributed by atoms with E-state index in [2.05, 4.69) is 30.6 Å². The van der Waals surface area contributed by atoms with E-state index in [4.69, 9.17) is 0 Å². The zero-order valence-corrected chi connectivity index (χ0v) is 19.2. The highest BCUT2D eigenvalue weighted by Gasteiger charge is 2.20. The van der Waals surface area contributed by atoms with Crippen LogP contribution in [0.2, 0.25) is 0 Å². The van der Waals surface area contributed by atoms with Crippen molar-refractivity contribution in [1.29, 1.82) is 0 Å². The molecule has 0 aliphatic rings. The summed E-state index contributed by atoms with van der Waals surface area (Å²) >= 11 is 0. The Kier molecular flexibility index (Phi) is 6.43. The van der Waals surface area contributed by atoms with Crippen LogP contribution in [-0.4, -0.2) is 42.2 Å². The van der Waals surface area contributed by atoms with Crippen molar-refractivity contribution in [3.8, 4) is 11.7 Å². The van der Waals surface area contributed by atoms with Gasteiger partial charge in [-0.25, -0.2) is 9.97 Å². The number of phenols is 1. The first-order valence-corrected chi connectivity index (χ1v) is 11.1. The van der Waals surface area contributed by atoms with Crippen molar-refractivity contribution < 1.29 is 19.8 Å². The first-order valence-electron chi connectivity index (χ1n) is 11.1. The van der Waals surface area contributed by atoms with E-state index in [0.717, 1.165) is 0 Å². The highest BCUT2D eigenvalue weighted by atomic mass is 16.3. The number of hydrogen-bond acceptors (Lipinski definition) is 9. The number of aromatic nitrogens is 4. The number of phenolic OH excluding ortho intramolecular Hbond substituents is 1. The lowest BCUT2D eigenvalue weighted by molar-refractivity contribution is 0.102. The monoisotopic (exact) mass is 493 g/mol. The second kappa shape index (κ2) is 10.1. The van der Waals surface area contributed by atoms with Crippen LogP contribution in [0.1, 0.15) is 26.3 Å². The van der Waals surface area contributed by atoms with Crippen molar-refractivity contribution >= 4 is 40.2 Å². The predicted octanol–water partition coefficient (Wildman–Crippen LogP) is 4.49. The number of aliphatic hydroxyl groups excluding tert-OH is 1. The number of fused-ring (bicyclic) bond motifs is 1. The van der Waals surface area contributed by atoms with Gasteiger partial charge in [0.05, 0.1) is 23.9 Å². The summed E-state index contributed by atoms with van der Waals surface area (Å²) in [7, 11) is 0. The van der Waals surface area contributed by atoms with Gasteiger partial charge in [-0.15, -0.1) is 10.2 Å². The molecule has 0 bridgehead atoms. The molecule has 0 atom stereocenters. The molecule has 0 fully saturated rings. The molecule has 2 aromatic heterocycles. The van der Waals surface area contributed by atoms with Crippen LogP contribution in [-0.2, 0) is 6.61 Å². The minimum Gasteiger partial charge on any atom is -0.505 e. The number of carbonyl (C=O) groups is 2. The molecule has 5 aromatic rings. The van der Waals surface area contributed by atoms with Gasteiger partial charge in [-0.3, -0.25) is 9.59 Å². The molecule has 3 N–H and O–H groups in total. The molecular formula is C26H19N7O4. The van der Waals surface area contributed by atoms with Crippen molar-refractivity contribution in [3.05, 3.63) is 95.9 Å². The Morgan fingerprint density at radius 2 is 1.78 bits per heavy atom. The van der Waals surface area contributed by atoms with Crippen LogP contribution in [0.5, 0.6) is 5.75 Å². The molecule has 0 saturated heterocycles. The van der Waals surface area contributed by atoms with E-state index in [9.17, 15) is 19.8 Å². The zero-order valence-electron chi connectivity index (χ0n) is 19.2. The molecule has 2 heterocycles. The number of benzene rings is 3. The Morgan fingerprint density at radius 3 is 2.51 bits per heavy atom. The van der Waals surface area contributed by atoms with Gasteiger partial charge >= 0.3 is 0 Å². The van der Waals surface area contributed by atoms with Crippen molar-refractivity contribution in [2.45, 2.75) is 6.61 Å². The predicted molar refractivity (Wildman–Crippen MR) is 135 cm³/mol. The molecule has 0 spiro atoms. The van der Waals surface area contributed by atoms with E-state index in [-0.39, 0.29) is 40.9 Å². The van der Waals surface area contributed by atoms with E-state index in [1.807, 2.05) is 0 Å². The summed E-state index contributed by atoms with van der Waals surface area (Å²) in [5.74, 6) is -0.711. The average Bonchev–Trinajstić information content (AvgIpc) is 3.36. The molecule has 182 valence electrons. The smallest absolute Gasteiger partial charge is 0.259 e. The van der Waals surface area contributed by atoms with Gasteiger partial charge in [0.25, 0.3) is 11.9 Å². The number of aldehydes is 1. The maximum absolute atomic E-state index is 13.1. The number of azo groups is 1. The minimum absolute atomic E-state index is 0.0191. The van der Waals surface area contributed by atoms with Crippen LogP contribution >= 0.6 is 0 Å². The molecular weight excluding hydrogens is 474 g/mol. The fraction of sp³-hybridized carbons (Fsp3) is 0.0385. The van der Waals surface area contributed by atoms with Crippen LogP contribution in [0.4, 0.5) is 17.2 Å². The van der Waals surface area contributed by atoms with Gasteiger partial charge in [0.15, 0.2) is 17.9 Å². The minimum atomic E-state index is -0.562. The molecule has 0 unspecified atom stereocenters. The van der Waals surface area contributed by atoms with Crippen molar-refractivity contribution in [1.82, 2.24) is 19.7 Å². The summed E-state index contributed by atoms with van der Waals surface area (Å²) < 4.78 is 1.25. The van der Waals surface area contributed by atoms with Crippen molar-refractivity contribution in [2.24, 2.45) is 10.2 Å². The zero-order chi connectivity index (χ0) is 25.8. The SMILES string of the molecule is O=Cc1cnn(-c2ncccn2)c1/N=N/c1c(O)c(C(=O)Nc2ccc(CO)cc2)cc2ccccc12. The fourth-order valence-electron chi connectivity index (χ4n) is 3.67. The molecule has 5 rings (SSSR count). The van der Waals surface area contributed by atoms with Gasteiger partial charge in [-0.05, 0) is 35.2 Å². The summed E-state index contributed by atoms with van der Waals surface area (Å²) in [6.07, 6.45) is 4.92. The first-order chi connectivity index (χ1) is 18.1. The maximum Gasteiger partial charge on any atom is 0.259 e.